The Morgan fingerprint density at radius 3 is 2.75 bits per heavy atom. The van der Waals surface area contributed by atoms with Crippen molar-refractivity contribution < 1.29 is 14.3 Å². The minimum Gasteiger partial charge on any atom is -0.462 e. The number of anilines is 1. The SMILES string of the molecule is CCc1ccc2[nH]cc(CC(=O)Nc3cccc(-c4ccc5c(c4)COC4(CCNCC4)O5)c3)c2c1. The molecule has 1 amide bonds. The van der Waals surface area contributed by atoms with E-state index in [1.54, 1.807) is 0 Å². The smallest absolute Gasteiger partial charge is 0.228 e. The van der Waals surface area contributed by atoms with E-state index in [1.807, 2.05) is 30.5 Å². The van der Waals surface area contributed by atoms with Gasteiger partial charge in [-0.2, -0.15) is 0 Å². The van der Waals surface area contributed by atoms with Crippen molar-refractivity contribution in [3.63, 3.8) is 0 Å². The number of piperidine rings is 1. The zero-order chi connectivity index (χ0) is 24.5. The summed E-state index contributed by atoms with van der Waals surface area (Å²) in [5, 5.41) is 7.55. The van der Waals surface area contributed by atoms with Gasteiger partial charge >= 0.3 is 0 Å². The number of aryl methyl sites for hydroxylation is 1. The van der Waals surface area contributed by atoms with Crippen LogP contribution in [0.15, 0.2) is 66.9 Å². The lowest BCUT2D eigenvalue weighted by molar-refractivity contribution is -0.218. The molecule has 184 valence electrons. The van der Waals surface area contributed by atoms with Gasteiger partial charge in [0.1, 0.15) is 5.75 Å². The van der Waals surface area contributed by atoms with Crippen LogP contribution in [0.5, 0.6) is 5.75 Å². The van der Waals surface area contributed by atoms with Crippen molar-refractivity contribution in [1.29, 1.82) is 0 Å². The highest BCUT2D eigenvalue weighted by Crippen LogP contribution is 2.38. The predicted molar refractivity (Wildman–Crippen MR) is 142 cm³/mol. The molecular weight excluding hydrogens is 450 g/mol. The Kier molecular flexibility index (Phi) is 5.99. The maximum absolute atomic E-state index is 12.9. The van der Waals surface area contributed by atoms with Gasteiger partial charge in [0.25, 0.3) is 0 Å². The molecule has 0 unspecified atom stereocenters. The molecule has 0 saturated carbocycles. The second-order valence-corrected chi connectivity index (χ2v) is 9.73. The molecule has 6 rings (SSSR count). The predicted octanol–water partition coefficient (Wildman–Crippen LogP) is 5.57. The van der Waals surface area contributed by atoms with Gasteiger partial charge in [0.15, 0.2) is 0 Å². The normalized spacial score (nSPS) is 16.5. The van der Waals surface area contributed by atoms with E-state index in [0.717, 1.165) is 76.9 Å². The molecule has 2 aliphatic rings. The molecule has 1 fully saturated rings. The van der Waals surface area contributed by atoms with E-state index in [2.05, 4.69) is 58.9 Å². The van der Waals surface area contributed by atoms with E-state index < -0.39 is 5.79 Å². The van der Waals surface area contributed by atoms with Crippen molar-refractivity contribution in [1.82, 2.24) is 10.3 Å². The van der Waals surface area contributed by atoms with Gasteiger partial charge in [0.05, 0.1) is 13.0 Å². The fraction of sp³-hybridized carbons (Fsp3) is 0.300. The summed E-state index contributed by atoms with van der Waals surface area (Å²) >= 11 is 0. The Morgan fingerprint density at radius 2 is 1.89 bits per heavy atom. The van der Waals surface area contributed by atoms with Gasteiger partial charge in [-0.15, -0.1) is 0 Å². The summed E-state index contributed by atoms with van der Waals surface area (Å²) in [7, 11) is 0. The molecule has 1 spiro atoms. The Morgan fingerprint density at radius 1 is 1.03 bits per heavy atom. The van der Waals surface area contributed by atoms with Crippen molar-refractivity contribution >= 4 is 22.5 Å². The number of amides is 1. The summed E-state index contributed by atoms with van der Waals surface area (Å²) in [4.78, 5) is 16.2. The second-order valence-electron chi connectivity index (χ2n) is 9.73. The maximum Gasteiger partial charge on any atom is 0.228 e. The zero-order valence-electron chi connectivity index (χ0n) is 20.5. The van der Waals surface area contributed by atoms with Crippen LogP contribution in [-0.4, -0.2) is 29.8 Å². The first-order valence-electron chi connectivity index (χ1n) is 12.8. The number of hydrogen-bond donors (Lipinski definition) is 3. The highest BCUT2D eigenvalue weighted by molar-refractivity contribution is 5.96. The Balaban J connectivity index is 1.17. The van der Waals surface area contributed by atoms with Crippen LogP contribution in [-0.2, 0) is 29.0 Å². The van der Waals surface area contributed by atoms with Crippen molar-refractivity contribution in [3.8, 4) is 16.9 Å². The third-order valence-corrected chi connectivity index (χ3v) is 7.28. The molecule has 0 bridgehead atoms. The molecule has 4 aromatic rings. The van der Waals surface area contributed by atoms with Crippen LogP contribution >= 0.6 is 0 Å². The molecule has 3 aromatic carbocycles. The van der Waals surface area contributed by atoms with Crippen LogP contribution in [0.2, 0.25) is 0 Å². The fourth-order valence-electron chi connectivity index (χ4n) is 5.21. The number of hydrogen-bond acceptors (Lipinski definition) is 4. The molecule has 3 N–H and O–H groups in total. The minimum absolute atomic E-state index is 0.0329. The number of aromatic nitrogens is 1. The minimum atomic E-state index is -0.493. The molecular formula is C30H31N3O3. The second kappa shape index (κ2) is 9.45. The van der Waals surface area contributed by atoms with E-state index in [-0.39, 0.29) is 5.91 Å². The molecule has 6 heteroatoms. The first kappa shape index (κ1) is 22.8. The number of nitrogens with one attached hydrogen (secondary N) is 3. The number of carbonyl (C=O) groups excluding carboxylic acids is 1. The average molecular weight is 482 g/mol. The van der Waals surface area contributed by atoms with Crippen LogP contribution in [0.1, 0.15) is 36.5 Å². The lowest BCUT2D eigenvalue weighted by atomic mass is 9.99. The van der Waals surface area contributed by atoms with Gasteiger partial charge in [-0.1, -0.05) is 31.2 Å². The lowest BCUT2D eigenvalue weighted by Gasteiger charge is -2.41. The van der Waals surface area contributed by atoms with Gasteiger partial charge in [-0.05, 0) is 65.1 Å². The third-order valence-electron chi connectivity index (χ3n) is 7.28. The molecule has 36 heavy (non-hydrogen) atoms. The van der Waals surface area contributed by atoms with E-state index in [0.29, 0.717) is 13.0 Å². The number of H-pyrrole nitrogens is 1. The van der Waals surface area contributed by atoms with Crippen molar-refractivity contribution in [2.75, 3.05) is 18.4 Å². The highest BCUT2D eigenvalue weighted by Gasteiger charge is 2.38. The Labute approximate surface area is 211 Å². The zero-order valence-corrected chi connectivity index (χ0v) is 20.5. The number of carbonyl (C=O) groups is 1. The lowest BCUT2D eigenvalue weighted by Crippen LogP contribution is -2.49. The molecule has 3 heterocycles. The number of ether oxygens (including phenoxy) is 2. The number of aromatic amines is 1. The van der Waals surface area contributed by atoms with Crippen molar-refractivity contribution in [2.24, 2.45) is 0 Å². The third kappa shape index (κ3) is 4.50. The van der Waals surface area contributed by atoms with Gasteiger partial charge in [-0.3, -0.25) is 4.79 Å². The maximum atomic E-state index is 12.9. The molecule has 0 radical (unpaired) electrons. The van der Waals surface area contributed by atoms with Crippen LogP contribution in [0.25, 0.3) is 22.0 Å². The van der Waals surface area contributed by atoms with Crippen LogP contribution < -0.4 is 15.4 Å². The standard InChI is InChI=1S/C30H31N3O3/c1-2-20-6-8-27-26(14-20)23(18-32-27)17-29(34)33-25-5-3-4-21(16-25)22-7-9-28-24(15-22)19-35-30(36-28)10-12-31-13-11-30/h3-9,14-16,18,31-32H,2,10-13,17,19H2,1H3,(H,33,34). The molecule has 0 atom stereocenters. The molecule has 1 saturated heterocycles. The van der Waals surface area contributed by atoms with E-state index in [4.69, 9.17) is 9.47 Å². The fourth-order valence-corrected chi connectivity index (χ4v) is 5.21. The number of fused-ring (bicyclic) bond motifs is 2. The van der Waals surface area contributed by atoms with Gasteiger partial charge in [-0.25, -0.2) is 0 Å². The van der Waals surface area contributed by atoms with E-state index in [9.17, 15) is 4.79 Å². The van der Waals surface area contributed by atoms with Gasteiger partial charge in [0.2, 0.25) is 11.7 Å². The van der Waals surface area contributed by atoms with Crippen LogP contribution in [0, 0.1) is 0 Å². The molecule has 0 aliphatic carbocycles. The molecule has 1 aromatic heterocycles. The van der Waals surface area contributed by atoms with E-state index >= 15 is 0 Å². The topological polar surface area (TPSA) is 75.4 Å². The quantitative estimate of drug-likeness (QED) is 0.349. The van der Waals surface area contributed by atoms with Gasteiger partial charge < -0.3 is 25.1 Å². The Hall–Kier alpha value is -3.61. The first-order valence-corrected chi connectivity index (χ1v) is 12.8. The summed E-state index contributed by atoms with van der Waals surface area (Å²) in [6.07, 6.45) is 4.94. The van der Waals surface area contributed by atoms with E-state index in [1.165, 1.54) is 5.56 Å². The Bertz CT molecular complexity index is 1420. The highest BCUT2D eigenvalue weighted by atomic mass is 16.7. The largest absolute Gasteiger partial charge is 0.462 e. The molecule has 6 nitrogen and oxygen atoms in total. The van der Waals surface area contributed by atoms with Crippen molar-refractivity contribution in [3.05, 3.63) is 83.6 Å². The van der Waals surface area contributed by atoms with Gasteiger partial charge in [0, 0.05) is 54.3 Å². The van der Waals surface area contributed by atoms with Crippen LogP contribution in [0.4, 0.5) is 5.69 Å². The van der Waals surface area contributed by atoms with Crippen molar-refractivity contribution in [2.45, 2.75) is 45.0 Å². The number of rotatable bonds is 5. The van der Waals surface area contributed by atoms with Crippen LogP contribution in [0.3, 0.4) is 0 Å². The summed E-state index contributed by atoms with van der Waals surface area (Å²) in [6.45, 7) is 4.50. The number of benzene rings is 3. The summed E-state index contributed by atoms with van der Waals surface area (Å²) in [5.41, 5.74) is 7.28. The monoisotopic (exact) mass is 481 g/mol. The summed E-state index contributed by atoms with van der Waals surface area (Å²) in [6, 6.07) is 20.6. The molecule has 2 aliphatic heterocycles. The summed E-state index contributed by atoms with van der Waals surface area (Å²) < 4.78 is 12.5. The summed E-state index contributed by atoms with van der Waals surface area (Å²) in [5.74, 6) is 0.378. The first-order chi connectivity index (χ1) is 17.6. The average Bonchev–Trinajstić information content (AvgIpc) is 3.30.